The lowest BCUT2D eigenvalue weighted by Crippen LogP contribution is -2.25. The van der Waals surface area contributed by atoms with Crippen molar-refractivity contribution in [2.45, 2.75) is 20.0 Å². The minimum atomic E-state index is -0.267. The van der Waals surface area contributed by atoms with Crippen molar-refractivity contribution in [2.75, 3.05) is 5.32 Å². The molecule has 3 aromatic heterocycles. The van der Waals surface area contributed by atoms with Crippen molar-refractivity contribution in [1.82, 2.24) is 25.3 Å². The first-order valence-electron chi connectivity index (χ1n) is 7.88. The second-order valence-corrected chi connectivity index (χ2v) is 5.36. The van der Waals surface area contributed by atoms with Gasteiger partial charge in [0.25, 0.3) is 5.91 Å². The lowest BCUT2D eigenvalue weighted by molar-refractivity contribution is 0.0945. The monoisotopic (exact) mass is 334 g/mol. The van der Waals surface area contributed by atoms with E-state index in [1.165, 1.54) is 0 Å². The number of aryl methyl sites for hydroxylation is 1. The number of nitrogens with one attached hydrogen (secondary N) is 2. The maximum atomic E-state index is 12.3. The number of carbonyl (C=O) groups is 1. The van der Waals surface area contributed by atoms with E-state index in [1.807, 2.05) is 36.4 Å². The molecule has 0 aliphatic carbocycles. The average Bonchev–Trinajstić information content (AvgIpc) is 2.66. The van der Waals surface area contributed by atoms with Gasteiger partial charge in [-0.05, 0) is 31.2 Å². The van der Waals surface area contributed by atoms with Gasteiger partial charge in [-0.25, -0.2) is 9.97 Å². The summed E-state index contributed by atoms with van der Waals surface area (Å²) in [4.78, 5) is 29.3. The second-order valence-electron chi connectivity index (χ2n) is 5.36. The fourth-order valence-electron chi connectivity index (χ4n) is 2.22. The quantitative estimate of drug-likeness (QED) is 0.717. The lowest BCUT2D eigenvalue weighted by Gasteiger charge is -2.09. The number of carbonyl (C=O) groups excluding carboxylic acids is 1. The van der Waals surface area contributed by atoms with E-state index in [2.05, 4.69) is 30.6 Å². The van der Waals surface area contributed by atoms with Crippen molar-refractivity contribution in [3.05, 3.63) is 77.8 Å². The Morgan fingerprint density at radius 2 is 1.64 bits per heavy atom. The van der Waals surface area contributed by atoms with Gasteiger partial charge in [-0.15, -0.1) is 0 Å². The molecule has 126 valence electrons. The van der Waals surface area contributed by atoms with Crippen molar-refractivity contribution in [2.24, 2.45) is 0 Å². The molecule has 3 aromatic rings. The van der Waals surface area contributed by atoms with Crippen LogP contribution in [-0.4, -0.2) is 25.8 Å². The summed E-state index contributed by atoms with van der Waals surface area (Å²) in [5.74, 6) is 0.840. The average molecular weight is 334 g/mol. The van der Waals surface area contributed by atoms with E-state index in [4.69, 9.17) is 0 Å². The van der Waals surface area contributed by atoms with Gasteiger partial charge < -0.3 is 10.6 Å². The fourth-order valence-corrected chi connectivity index (χ4v) is 2.22. The number of hydrogen-bond acceptors (Lipinski definition) is 6. The van der Waals surface area contributed by atoms with Crippen LogP contribution in [0.5, 0.6) is 0 Å². The predicted molar refractivity (Wildman–Crippen MR) is 93.7 cm³/mol. The van der Waals surface area contributed by atoms with E-state index in [-0.39, 0.29) is 5.91 Å². The summed E-state index contributed by atoms with van der Waals surface area (Å²) in [5.41, 5.74) is 1.99. The van der Waals surface area contributed by atoms with Crippen LogP contribution < -0.4 is 10.6 Å². The molecule has 0 aromatic carbocycles. The zero-order valence-corrected chi connectivity index (χ0v) is 13.8. The van der Waals surface area contributed by atoms with Crippen LogP contribution >= 0.6 is 0 Å². The van der Waals surface area contributed by atoms with Crippen molar-refractivity contribution in [3.8, 4) is 0 Å². The Labute approximate surface area is 145 Å². The minimum Gasteiger partial charge on any atom is -0.364 e. The smallest absolute Gasteiger partial charge is 0.270 e. The van der Waals surface area contributed by atoms with Gasteiger partial charge in [0.05, 0.1) is 24.5 Å². The first-order chi connectivity index (χ1) is 12.2. The first-order valence-corrected chi connectivity index (χ1v) is 7.88. The highest BCUT2D eigenvalue weighted by atomic mass is 16.1. The normalized spacial score (nSPS) is 10.3. The van der Waals surface area contributed by atoms with E-state index < -0.39 is 0 Å². The molecule has 0 aliphatic heterocycles. The summed E-state index contributed by atoms with van der Waals surface area (Å²) >= 11 is 0. The van der Waals surface area contributed by atoms with Gasteiger partial charge >= 0.3 is 0 Å². The summed E-state index contributed by atoms with van der Waals surface area (Å²) in [6.45, 7) is 2.62. The molecule has 0 saturated heterocycles. The van der Waals surface area contributed by atoms with Gasteiger partial charge in [-0.1, -0.05) is 12.1 Å². The number of aromatic nitrogens is 4. The van der Waals surface area contributed by atoms with Crippen LogP contribution in [-0.2, 0) is 13.1 Å². The Hall–Kier alpha value is -3.35. The molecule has 1 amide bonds. The topological polar surface area (TPSA) is 92.7 Å². The van der Waals surface area contributed by atoms with Crippen molar-refractivity contribution < 1.29 is 4.79 Å². The number of amides is 1. The van der Waals surface area contributed by atoms with Gasteiger partial charge in [0, 0.05) is 18.5 Å². The largest absolute Gasteiger partial charge is 0.364 e. The summed E-state index contributed by atoms with van der Waals surface area (Å²) in [5, 5.41) is 5.98. The van der Waals surface area contributed by atoms with E-state index in [0.717, 1.165) is 11.4 Å². The summed E-state index contributed by atoms with van der Waals surface area (Å²) in [6, 6.07) is 12.9. The molecule has 0 unspecified atom stereocenters. The first kappa shape index (κ1) is 16.5. The molecule has 7 heteroatoms. The summed E-state index contributed by atoms with van der Waals surface area (Å²) < 4.78 is 0. The molecular formula is C18H18N6O. The van der Waals surface area contributed by atoms with Gasteiger partial charge in [-0.3, -0.25) is 14.8 Å². The van der Waals surface area contributed by atoms with Gasteiger partial charge in [0.2, 0.25) is 0 Å². The molecule has 7 nitrogen and oxygen atoms in total. The Morgan fingerprint density at radius 1 is 0.960 bits per heavy atom. The van der Waals surface area contributed by atoms with E-state index in [0.29, 0.717) is 30.4 Å². The van der Waals surface area contributed by atoms with Crippen LogP contribution in [0.15, 0.2) is 54.9 Å². The van der Waals surface area contributed by atoms with Crippen molar-refractivity contribution >= 4 is 11.7 Å². The Balaban J connectivity index is 1.65. The minimum absolute atomic E-state index is 0.267. The molecule has 3 rings (SSSR count). The maximum absolute atomic E-state index is 12.3. The third kappa shape index (κ3) is 4.81. The van der Waals surface area contributed by atoms with Gasteiger partial charge in [-0.2, -0.15) is 0 Å². The summed E-state index contributed by atoms with van der Waals surface area (Å²) in [6.07, 6.45) is 3.43. The van der Waals surface area contributed by atoms with Gasteiger partial charge in [0.1, 0.15) is 17.3 Å². The fraction of sp³-hybridized carbons (Fsp3) is 0.167. The molecule has 0 fully saturated rings. The Morgan fingerprint density at radius 3 is 2.28 bits per heavy atom. The highest BCUT2D eigenvalue weighted by Crippen LogP contribution is 2.08. The molecule has 2 N–H and O–H groups in total. The zero-order valence-electron chi connectivity index (χ0n) is 13.8. The number of hydrogen-bond donors (Lipinski definition) is 2. The third-order valence-corrected chi connectivity index (χ3v) is 3.40. The van der Waals surface area contributed by atoms with Gasteiger partial charge in [0.15, 0.2) is 0 Å². The number of pyridine rings is 2. The highest BCUT2D eigenvalue weighted by Gasteiger charge is 2.10. The van der Waals surface area contributed by atoms with Crippen LogP contribution in [0, 0.1) is 6.92 Å². The number of nitrogens with zero attached hydrogens (tertiary/aromatic N) is 4. The lowest BCUT2D eigenvalue weighted by atomic mass is 10.3. The third-order valence-electron chi connectivity index (χ3n) is 3.40. The van der Waals surface area contributed by atoms with Crippen LogP contribution in [0.25, 0.3) is 0 Å². The molecule has 0 radical (unpaired) electrons. The SMILES string of the molecule is Cc1nc(NCc2ccccn2)cc(C(=O)NCc2ccccn2)n1. The van der Waals surface area contributed by atoms with E-state index >= 15 is 0 Å². The molecular weight excluding hydrogens is 316 g/mol. The molecule has 0 bridgehead atoms. The van der Waals surface area contributed by atoms with Crippen LogP contribution in [0.3, 0.4) is 0 Å². The van der Waals surface area contributed by atoms with E-state index in [1.54, 1.807) is 25.4 Å². The number of rotatable bonds is 6. The molecule has 0 atom stereocenters. The van der Waals surface area contributed by atoms with Crippen molar-refractivity contribution in [3.63, 3.8) is 0 Å². The zero-order chi connectivity index (χ0) is 17.5. The standard InChI is InChI=1S/C18H18N6O/c1-13-23-16(18(25)22-12-15-7-3-5-9-20-15)10-17(24-13)21-11-14-6-2-4-8-19-14/h2-10H,11-12H2,1H3,(H,22,25)(H,21,23,24). The van der Waals surface area contributed by atoms with Crippen LogP contribution in [0.4, 0.5) is 5.82 Å². The molecule has 0 saturated carbocycles. The maximum Gasteiger partial charge on any atom is 0.270 e. The Bertz CT molecular complexity index is 839. The highest BCUT2D eigenvalue weighted by molar-refractivity contribution is 5.92. The number of anilines is 1. The predicted octanol–water partition coefficient (Wildman–Crippen LogP) is 2.12. The Kier molecular flexibility index (Phi) is 5.26. The van der Waals surface area contributed by atoms with Crippen LogP contribution in [0.2, 0.25) is 0 Å². The molecule has 25 heavy (non-hydrogen) atoms. The molecule has 0 spiro atoms. The molecule has 3 heterocycles. The molecule has 0 aliphatic rings. The van der Waals surface area contributed by atoms with Crippen molar-refractivity contribution in [1.29, 1.82) is 0 Å². The summed E-state index contributed by atoms with van der Waals surface area (Å²) in [7, 11) is 0. The van der Waals surface area contributed by atoms with E-state index in [9.17, 15) is 4.79 Å². The van der Waals surface area contributed by atoms with Crippen LogP contribution in [0.1, 0.15) is 27.7 Å². The second kappa shape index (κ2) is 7.96.